The molecule has 0 spiro atoms. The van der Waals surface area contributed by atoms with E-state index in [0.717, 1.165) is 29.5 Å². The summed E-state index contributed by atoms with van der Waals surface area (Å²) in [6, 6.07) is 17.8. The fraction of sp³-hybridized carbons (Fsp3) is 0.304. The highest BCUT2D eigenvalue weighted by Gasteiger charge is 2.27. The number of rotatable bonds is 5. The van der Waals surface area contributed by atoms with E-state index in [9.17, 15) is 9.59 Å². The molecule has 128 valence electrons. The Morgan fingerprint density at radius 2 is 1.64 bits per heavy atom. The lowest BCUT2D eigenvalue weighted by Gasteiger charge is -2.29. The van der Waals surface area contributed by atoms with Crippen molar-refractivity contribution >= 4 is 17.1 Å². The van der Waals surface area contributed by atoms with Crippen LogP contribution >= 0.6 is 0 Å². The largest absolute Gasteiger partial charge is 0.295 e. The van der Waals surface area contributed by atoms with Gasteiger partial charge in [0.15, 0.2) is 11.6 Å². The molecule has 0 radical (unpaired) electrons. The molecule has 1 aliphatic carbocycles. The average molecular weight is 332 g/mol. The lowest BCUT2D eigenvalue weighted by molar-refractivity contribution is -0.116. The Bertz CT molecular complexity index is 796. The predicted molar refractivity (Wildman–Crippen MR) is 102 cm³/mol. The summed E-state index contributed by atoms with van der Waals surface area (Å²) in [5, 5.41) is 0. The summed E-state index contributed by atoms with van der Waals surface area (Å²) in [5.41, 5.74) is 4.04. The summed E-state index contributed by atoms with van der Waals surface area (Å²) in [4.78, 5) is 24.3. The molecule has 0 heterocycles. The second kappa shape index (κ2) is 7.18. The third kappa shape index (κ3) is 4.54. The molecule has 0 atom stereocenters. The van der Waals surface area contributed by atoms with Crippen molar-refractivity contribution < 1.29 is 9.59 Å². The van der Waals surface area contributed by atoms with Crippen molar-refractivity contribution in [1.82, 2.24) is 0 Å². The van der Waals surface area contributed by atoms with E-state index >= 15 is 0 Å². The summed E-state index contributed by atoms with van der Waals surface area (Å²) in [6.07, 6.45) is 4.52. The zero-order chi connectivity index (χ0) is 17.9. The van der Waals surface area contributed by atoms with Crippen LogP contribution in [0.5, 0.6) is 0 Å². The van der Waals surface area contributed by atoms with E-state index in [4.69, 9.17) is 0 Å². The summed E-state index contributed by atoms with van der Waals surface area (Å²) >= 11 is 0. The van der Waals surface area contributed by atoms with Crippen LogP contribution in [-0.2, 0) is 11.2 Å². The summed E-state index contributed by atoms with van der Waals surface area (Å²) in [6.45, 7) is 4.25. The van der Waals surface area contributed by atoms with Crippen LogP contribution in [0.15, 0.2) is 60.7 Å². The van der Waals surface area contributed by atoms with Crippen molar-refractivity contribution in [2.45, 2.75) is 39.5 Å². The van der Waals surface area contributed by atoms with E-state index in [1.807, 2.05) is 54.6 Å². The lowest BCUT2D eigenvalue weighted by Crippen LogP contribution is -2.21. The maximum Gasteiger partial charge on any atom is 0.163 e. The minimum absolute atomic E-state index is 0.00530. The number of Topliss-reactive ketones (excluding diaryl/α,β-unsaturated/α-hetero) is 1. The Labute approximate surface area is 149 Å². The van der Waals surface area contributed by atoms with E-state index in [0.29, 0.717) is 12.8 Å². The number of benzene rings is 2. The topological polar surface area (TPSA) is 34.1 Å². The van der Waals surface area contributed by atoms with Crippen molar-refractivity contribution in [3.63, 3.8) is 0 Å². The highest BCUT2D eigenvalue weighted by molar-refractivity contribution is 6.00. The van der Waals surface area contributed by atoms with Crippen molar-refractivity contribution in [2.75, 3.05) is 0 Å². The molecule has 25 heavy (non-hydrogen) atoms. The summed E-state index contributed by atoms with van der Waals surface area (Å²) in [7, 11) is 0. The molecule has 0 unspecified atom stereocenters. The Morgan fingerprint density at radius 1 is 0.960 bits per heavy atom. The smallest absolute Gasteiger partial charge is 0.163 e. The van der Waals surface area contributed by atoms with Gasteiger partial charge in [0.1, 0.15) is 0 Å². The number of carbonyl (C=O) groups is 2. The third-order valence-corrected chi connectivity index (χ3v) is 4.72. The second-order valence-corrected chi connectivity index (χ2v) is 7.64. The van der Waals surface area contributed by atoms with Crippen molar-refractivity contribution in [3.05, 3.63) is 77.4 Å². The highest BCUT2D eigenvalue weighted by Crippen LogP contribution is 2.38. The first kappa shape index (κ1) is 17.3. The second-order valence-electron chi connectivity index (χ2n) is 7.64. The quantitative estimate of drug-likeness (QED) is 0.699. The van der Waals surface area contributed by atoms with E-state index < -0.39 is 0 Å². The Morgan fingerprint density at radius 3 is 2.28 bits per heavy atom. The van der Waals surface area contributed by atoms with Gasteiger partial charge in [-0.15, -0.1) is 0 Å². The molecule has 0 aliphatic heterocycles. The minimum Gasteiger partial charge on any atom is -0.295 e. The van der Waals surface area contributed by atoms with Gasteiger partial charge in [-0.25, -0.2) is 0 Å². The number of carbonyl (C=O) groups excluding carboxylic acids is 2. The molecule has 0 aromatic heterocycles. The molecule has 0 N–H and O–H groups in total. The number of ketones is 2. The van der Waals surface area contributed by atoms with E-state index in [1.165, 1.54) is 5.56 Å². The van der Waals surface area contributed by atoms with E-state index in [2.05, 4.69) is 13.8 Å². The predicted octanol–water partition coefficient (Wildman–Crippen LogP) is 5.27. The van der Waals surface area contributed by atoms with Crippen LogP contribution < -0.4 is 0 Å². The van der Waals surface area contributed by atoms with Crippen LogP contribution in [-0.4, -0.2) is 11.6 Å². The van der Waals surface area contributed by atoms with Gasteiger partial charge in [0, 0.05) is 18.4 Å². The first-order valence-electron chi connectivity index (χ1n) is 8.84. The monoisotopic (exact) mass is 332 g/mol. The number of allylic oxidation sites excluding steroid dienone is 2. The molecule has 2 aromatic rings. The highest BCUT2D eigenvalue weighted by atomic mass is 16.1. The molecule has 2 aromatic carbocycles. The van der Waals surface area contributed by atoms with Gasteiger partial charge in [0.05, 0.1) is 0 Å². The van der Waals surface area contributed by atoms with Gasteiger partial charge < -0.3 is 0 Å². The van der Waals surface area contributed by atoms with Gasteiger partial charge in [0.25, 0.3) is 0 Å². The first-order valence-corrected chi connectivity index (χ1v) is 8.84. The average Bonchev–Trinajstić information content (AvgIpc) is 2.59. The molecule has 0 saturated heterocycles. The summed E-state index contributed by atoms with van der Waals surface area (Å²) in [5.74, 6) is 0.346. The molecule has 0 bridgehead atoms. The Hall–Kier alpha value is -2.48. The van der Waals surface area contributed by atoms with Gasteiger partial charge in [-0.3, -0.25) is 9.59 Å². The maximum atomic E-state index is 12.4. The molecule has 3 rings (SSSR count). The Balaban J connectivity index is 1.68. The van der Waals surface area contributed by atoms with Gasteiger partial charge in [-0.2, -0.15) is 0 Å². The number of aryl methyl sites for hydroxylation is 1. The molecule has 0 fully saturated rings. The zero-order valence-electron chi connectivity index (χ0n) is 14.9. The lowest BCUT2D eigenvalue weighted by atomic mass is 9.75. The SMILES string of the molecule is CC1(C)CC(=O)C=C(c2ccc(C(=O)CCc3ccccc3)cc2)C1. The maximum absolute atomic E-state index is 12.4. The van der Waals surface area contributed by atoms with E-state index in [-0.39, 0.29) is 17.0 Å². The Kier molecular flexibility index (Phi) is 4.98. The van der Waals surface area contributed by atoms with Gasteiger partial charge >= 0.3 is 0 Å². The van der Waals surface area contributed by atoms with Gasteiger partial charge in [-0.05, 0) is 41.0 Å². The van der Waals surface area contributed by atoms with Gasteiger partial charge in [-0.1, -0.05) is 68.4 Å². The fourth-order valence-electron chi connectivity index (χ4n) is 3.45. The molecule has 0 amide bonds. The fourth-order valence-corrected chi connectivity index (χ4v) is 3.45. The molecule has 0 saturated carbocycles. The van der Waals surface area contributed by atoms with Crippen LogP contribution in [0.25, 0.3) is 5.57 Å². The first-order chi connectivity index (χ1) is 11.9. The van der Waals surface area contributed by atoms with Crippen LogP contribution in [0.2, 0.25) is 0 Å². The van der Waals surface area contributed by atoms with Crippen molar-refractivity contribution in [2.24, 2.45) is 5.41 Å². The molecular weight excluding hydrogens is 308 g/mol. The van der Waals surface area contributed by atoms with E-state index in [1.54, 1.807) is 6.08 Å². The molecular formula is C23H24O2. The standard InChI is InChI=1S/C23H24O2/c1-23(2)15-20(14-21(24)16-23)18-9-11-19(12-10-18)22(25)13-8-17-6-4-3-5-7-17/h3-7,9-12,14H,8,13,15-16H2,1-2H3. The van der Waals surface area contributed by atoms with Crippen LogP contribution in [0.1, 0.15) is 54.6 Å². The number of hydrogen-bond acceptors (Lipinski definition) is 2. The van der Waals surface area contributed by atoms with Crippen LogP contribution in [0, 0.1) is 5.41 Å². The number of hydrogen-bond donors (Lipinski definition) is 0. The van der Waals surface area contributed by atoms with Crippen molar-refractivity contribution in [1.29, 1.82) is 0 Å². The minimum atomic E-state index is 0.00530. The summed E-state index contributed by atoms with van der Waals surface area (Å²) < 4.78 is 0. The molecule has 2 heteroatoms. The van der Waals surface area contributed by atoms with Crippen LogP contribution in [0.4, 0.5) is 0 Å². The van der Waals surface area contributed by atoms with Crippen LogP contribution in [0.3, 0.4) is 0 Å². The molecule has 1 aliphatic rings. The zero-order valence-corrected chi connectivity index (χ0v) is 14.9. The molecule has 2 nitrogen and oxygen atoms in total. The third-order valence-electron chi connectivity index (χ3n) is 4.72. The normalized spacial score (nSPS) is 16.4. The van der Waals surface area contributed by atoms with Crippen molar-refractivity contribution in [3.8, 4) is 0 Å². The van der Waals surface area contributed by atoms with Gasteiger partial charge in [0.2, 0.25) is 0 Å².